The first-order chi connectivity index (χ1) is 7.31. The second-order valence-corrected chi connectivity index (χ2v) is 5.34. The van der Waals surface area contributed by atoms with E-state index in [4.69, 9.17) is 5.11 Å². The molecule has 3 nitrogen and oxygen atoms in total. The lowest BCUT2D eigenvalue weighted by atomic mass is 10.2. The van der Waals surface area contributed by atoms with Gasteiger partial charge in [0.2, 0.25) is 0 Å². The number of hydrogen-bond acceptors (Lipinski definition) is 5. The van der Waals surface area contributed by atoms with Crippen molar-refractivity contribution in [2.45, 2.75) is 11.9 Å². The maximum Gasteiger partial charge on any atom is 0.117 e. The number of fused-ring (bicyclic) bond motifs is 1. The zero-order chi connectivity index (χ0) is 10.7. The minimum atomic E-state index is 0.228. The van der Waals surface area contributed by atoms with Crippen molar-refractivity contribution >= 4 is 33.3 Å². The van der Waals surface area contributed by atoms with Crippen molar-refractivity contribution in [1.82, 2.24) is 9.97 Å². The Balaban J connectivity index is 2.17. The third-order valence-corrected chi connectivity index (χ3v) is 4.38. The molecule has 0 aromatic carbocycles. The molecule has 0 fully saturated rings. The normalized spacial score (nSPS) is 13.2. The zero-order valence-electron chi connectivity index (χ0n) is 8.38. The van der Waals surface area contributed by atoms with Gasteiger partial charge >= 0.3 is 0 Å². The number of nitrogens with zero attached hydrogens (tertiary/aromatic N) is 2. The number of aliphatic hydroxyl groups excluding tert-OH is 1. The van der Waals surface area contributed by atoms with Gasteiger partial charge in [-0.25, -0.2) is 9.97 Å². The molecule has 0 aliphatic rings. The van der Waals surface area contributed by atoms with Gasteiger partial charge in [0, 0.05) is 12.4 Å². The summed E-state index contributed by atoms with van der Waals surface area (Å²) in [6.07, 6.45) is 1.60. The highest BCUT2D eigenvalue weighted by Crippen LogP contribution is 2.29. The van der Waals surface area contributed by atoms with Gasteiger partial charge in [-0.15, -0.1) is 23.1 Å². The number of thioether (sulfide) groups is 1. The van der Waals surface area contributed by atoms with Crippen molar-refractivity contribution in [3.05, 3.63) is 17.8 Å². The fourth-order valence-corrected chi connectivity index (χ4v) is 3.10. The van der Waals surface area contributed by atoms with E-state index in [-0.39, 0.29) is 6.61 Å². The molecule has 80 valence electrons. The summed E-state index contributed by atoms with van der Waals surface area (Å²) in [5, 5.41) is 12.0. The van der Waals surface area contributed by atoms with Crippen LogP contribution < -0.4 is 0 Å². The number of aromatic nitrogens is 2. The van der Waals surface area contributed by atoms with Gasteiger partial charge < -0.3 is 5.11 Å². The van der Waals surface area contributed by atoms with Crippen molar-refractivity contribution < 1.29 is 5.11 Å². The SMILES string of the molecule is CC(CO)CSc1ncnc2ccsc12. The predicted octanol–water partition coefficient (Wildman–Crippen LogP) is 2.41. The molecule has 15 heavy (non-hydrogen) atoms. The number of thiophene rings is 1. The molecule has 0 aliphatic carbocycles. The van der Waals surface area contributed by atoms with Crippen molar-refractivity contribution in [2.75, 3.05) is 12.4 Å². The van der Waals surface area contributed by atoms with Crippen LogP contribution in [0.4, 0.5) is 0 Å². The lowest BCUT2D eigenvalue weighted by molar-refractivity contribution is 0.250. The lowest BCUT2D eigenvalue weighted by Gasteiger charge is -2.06. The summed E-state index contributed by atoms with van der Waals surface area (Å²) in [6, 6.07) is 2.00. The molecule has 0 spiro atoms. The first-order valence-corrected chi connectivity index (χ1v) is 6.59. The van der Waals surface area contributed by atoms with Crippen LogP contribution in [0, 0.1) is 5.92 Å². The standard InChI is InChI=1S/C10H12N2OS2/c1-7(4-13)5-15-10-9-8(2-3-14-9)11-6-12-10/h2-3,6-7,13H,4-5H2,1H3. The van der Waals surface area contributed by atoms with Crippen molar-refractivity contribution in [2.24, 2.45) is 5.92 Å². The second-order valence-electron chi connectivity index (χ2n) is 3.41. The highest BCUT2D eigenvalue weighted by Gasteiger charge is 2.07. The average Bonchev–Trinajstić information content (AvgIpc) is 2.74. The number of aliphatic hydroxyl groups is 1. The highest BCUT2D eigenvalue weighted by molar-refractivity contribution is 7.99. The molecule has 5 heteroatoms. The third kappa shape index (κ3) is 2.48. The van der Waals surface area contributed by atoms with Gasteiger partial charge in [-0.3, -0.25) is 0 Å². The van der Waals surface area contributed by atoms with Crippen molar-refractivity contribution in [3.8, 4) is 0 Å². The summed E-state index contributed by atoms with van der Waals surface area (Å²) in [6.45, 7) is 2.26. The Bertz CT molecular complexity index is 444. The van der Waals surface area contributed by atoms with E-state index in [0.29, 0.717) is 5.92 Å². The Labute approximate surface area is 96.6 Å². The summed E-state index contributed by atoms with van der Waals surface area (Å²) in [7, 11) is 0. The smallest absolute Gasteiger partial charge is 0.117 e. The van der Waals surface area contributed by atoms with E-state index in [0.717, 1.165) is 21.0 Å². The molecule has 2 rings (SSSR count). The van der Waals surface area contributed by atoms with Crippen LogP contribution in [0.25, 0.3) is 10.2 Å². The van der Waals surface area contributed by atoms with Gasteiger partial charge in [0.05, 0.1) is 10.2 Å². The largest absolute Gasteiger partial charge is 0.396 e. The molecule has 2 aromatic heterocycles. The summed E-state index contributed by atoms with van der Waals surface area (Å²) in [5.74, 6) is 1.19. The van der Waals surface area contributed by atoms with Crippen molar-refractivity contribution in [3.63, 3.8) is 0 Å². The molecular weight excluding hydrogens is 228 g/mol. The summed E-state index contributed by atoms with van der Waals surface area (Å²) < 4.78 is 1.15. The van der Waals surface area contributed by atoms with Crippen molar-refractivity contribution in [1.29, 1.82) is 0 Å². The molecule has 0 saturated heterocycles. The Hall–Kier alpha value is -0.650. The quantitative estimate of drug-likeness (QED) is 0.658. The van der Waals surface area contributed by atoms with Crippen LogP contribution in [0.15, 0.2) is 22.8 Å². The maximum atomic E-state index is 8.94. The van der Waals surface area contributed by atoms with E-state index < -0.39 is 0 Å². The third-order valence-electron chi connectivity index (χ3n) is 2.03. The van der Waals surface area contributed by atoms with Gasteiger partial charge in [-0.1, -0.05) is 6.92 Å². The van der Waals surface area contributed by atoms with E-state index in [1.54, 1.807) is 29.4 Å². The van der Waals surface area contributed by atoms with Crippen LogP contribution in [-0.2, 0) is 0 Å². The molecule has 0 amide bonds. The molecule has 0 saturated carbocycles. The van der Waals surface area contributed by atoms with Crippen LogP contribution in [0.3, 0.4) is 0 Å². The topological polar surface area (TPSA) is 46.0 Å². The summed E-state index contributed by atoms with van der Waals surface area (Å²) in [4.78, 5) is 8.45. The molecular formula is C10H12N2OS2. The first-order valence-electron chi connectivity index (χ1n) is 4.73. The predicted molar refractivity (Wildman–Crippen MR) is 64.4 cm³/mol. The highest BCUT2D eigenvalue weighted by atomic mass is 32.2. The van der Waals surface area contributed by atoms with E-state index in [2.05, 4.69) is 9.97 Å². The molecule has 2 aromatic rings. The van der Waals surface area contributed by atoms with Gasteiger partial charge in [0.1, 0.15) is 11.4 Å². The molecule has 0 aliphatic heterocycles. The van der Waals surface area contributed by atoms with Crippen LogP contribution in [-0.4, -0.2) is 27.4 Å². The minimum Gasteiger partial charge on any atom is -0.396 e. The van der Waals surface area contributed by atoms with E-state index in [1.165, 1.54) is 0 Å². The Morgan fingerprint density at radius 2 is 2.40 bits per heavy atom. The molecule has 1 N–H and O–H groups in total. The van der Waals surface area contributed by atoms with Crippen LogP contribution in [0.1, 0.15) is 6.92 Å². The first kappa shape index (κ1) is 10.9. The van der Waals surface area contributed by atoms with Gasteiger partial charge in [-0.05, 0) is 17.4 Å². The summed E-state index contributed by atoms with van der Waals surface area (Å²) >= 11 is 3.35. The fourth-order valence-electron chi connectivity index (χ4n) is 1.14. The van der Waals surface area contributed by atoms with E-state index in [9.17, 15) is 0 Å². The van der Waals surface area contributed by atoms with Crippen LogP contribution in [0.2, 0.25) is 0 Å². The molecule has 1 atom stereocenters. The second kappa shape index (κ2) is 4.92. The summed E-state index contributed by atoms with van der Waals surface area (Å²) in [5.41, 5.74) is 1.01. The van der Waals surface area contributed by atoms with Crippen LogP contribution in [0.5, 0.6) is 0 Å². The molecule has 0 radical (unpaired) electrons. The van der Waals surface area contributed by atoms with Gasteiger partial charge in [0.15, 0.2) is 0 Å². The minimum absolute atomic E-state index is 0.228. The molecule has 1 unspecified atom stereocenters. The van der Waals surface area contributed by atoms with Crippen LogP contribution >= 0.6 is 23.1 Å². The van der Waals surface area contributed by atoms with Gasteiger partial charge in [0.25, 0.3) is 0 Å². The maximum absolute atomic E-state index is 8.94. The Kier molecular flexibility index (Phi) is 3.56. The zero-order valence-corrected chi connectivity index (χ0v) is 10.0. The average molecular weight is 240 g/mol. The monoisotopic (exact) mass is 240 g/mol. The molecule has 2 heterocycles. The molecule has 0 bridgehead atoms. The number of rotatable bonds is 4. The number of hydrogen-bond donors (Lipinski definition) is 1. The fraction of sp³-hybridized carbons (Fsp3) is 0.400. The Morgan fingerprint density at radius 1 is 1.53 bits per heavy atom. The Morgan fingerprint density at radius 3 is 3.20 bits per heavy atom. The lowest BCUT2D eigenvalue weighted by Crippen LogP contribution is -2.03. The van der Waals surface area contributed by atoms with E-state index >= 15 is 0 Å². The van der Waals surface area contributed by atoms with E-state index in [1.807, 2.05) is 18.4 Å². The van der Waals surface area contributed by atoms with Gasteiger partial charge in [-0.2, -0.15) is 0 Å².